The first-order valence-electron chi connectivity index (χ1n) is 11.3. The van der Waals surface area contributed by atoms with Gasteiger partial charge in [0.05, 0.1) is 15.8 Å². The molecular weight excluding hydrogens is 508 g/mol. The van der Waals surface area contributed by atoms with E-state index in [1.165, 1.54) is 0 Å². The number of halogens is 1. The number of anilines is 2. The number of ether oxygens (including phenoxy) is 2. The van der Waals surface area contributed by atoms with E-state index in [0.717, 1.165) is 11.3 Å². The second kappa shape index (κ2) is 12.2. The molecule has 0 unspecified atom stereocenters. The van der Waals surface area contributed by atoms with Gasteiger partial charge in [0.1, 0.15) is 18.2 Å². The monoisotopic (exact) mass is 536 g/mol. The van der Waals surface area contributed by atoms with Crippen LogP contribution in [0.2, 0.25) is 4.34 Å². The summed E-state index contributed by atoms with van der Waals surface area (Å²) >= 11 is 7.02. The number of carbonyl (C=O) groups excluding carboxylic acids is 4. The third-order valence-electron chi connectivity index (χ3n) is 4.95. The number of rotatable bonds is 8. The van der Waals surface area contributed by atoms with Crippen LogP contribution in [-0.2, 0) is 19.1 Å². The second-order valence-corrected chi connectivity index (χ2v) is 10.7. The van der Waals surface area contributed by atoms with Gasteiger partial charge in [-0.25, -0.2) is 4.79 Å². The lowest BCUT2D eigenvalue weighted by Gasteiger charge is -2.27. The van der Waals surface area contributed by atoms with Gasteiger partial charge in [-0.15, -0.1) is 11.3 Å². The summed E-state index contributed by atoms with van der Waals surface area (Å²) in [7, 11) is 0. The van der Waals surface area contributed by atoms with E-state index in [-0.39, 0.29) is 25.5 Å². The molecule has 0 aliphatic carbocycles. The number of carbonyl (C=O) groups is 4. The Morgan fingerprint density at radius 1 is 1.17 bits per heavy atom. The van der Waals surface area contributed by atoms with Crippen LogP contribution >= 0.6 is 22.9 Å². The van der Waals surface area contributed by atoms with E-state index in [4.69, 9.17) is 21.1 Å². The van der Waals surface area contributed by atoms with Gasteiger partial charge in [0.2, 0.25) is 5.91 Å². The minimum atomic E-state index is -0.950. The van der Waals surface area contributed by atoms with Gasteiger partial charge in [-0.05, 0) is 63.6 Å². The molecule has 1 saturated heterocycles. The van der Waals surface area contributed by atoms with E-state index in [9.17, 15) is 19.2 Å². The van der Waals surface area contributed by atoms with Crippen LogP contribution in [0.5, 0.6) is 0 Å². The molecule has 0 bridgehead atoms. The molecule has 2 heterocycles. The molecule has 1 aliphatic heterocycles. The van der Waals surface area contributed by atoms with Gasteiger partial charge in [-0.1, -0.05) is 11.6 Å². The molecular formula is C24H29ClN4O6S. The topological polar surface area (TPSA) is 126 Å². The Bertz CT molecular complexity index is 1100. The summed E-state index contributed by atoms with van der Waals surface area (Å²) in [6.07, 6.45) is -0.498. The van der Waals surface area contributed by atoms with Crippen molar-refractivity contribution < 1.29 is 28.7 Å². The van der Waals surface area contributed by atoms with Gasteiger partial charge in [0.25, 0.3) is 11.8 Å². The van der Waals surface area contributed by atoms with Crippen molar-refractivity contribution in [3.63, 3.8) is 0 Å². The minimum absolute atomic E-state index is 0.0344. The number of thiophene rings is 1. The summed E-state index contributed by atoms with van der Waals surface area (Å²) in [4.78, 5) is 51.7. The molecule has 1 aromatic carbocycles. The Labute approximate surface area is 218 Å². The standard InChI is InChI=1S/C24H29ClN4O6S/c1-24(2,3)35-23(33)26-11-10-17(28-22(32)18-8-9-19(25)36-18)21(31)27-15-4-6-16(7-5-15)29-12-13-34-14-20(29)30/h4-9,17H,10-14H2,1-3H3,(H,26,33)(H,27,31)(H,28,32)/t17-/m1/s1. The number of alkyl carbamates (subject to hydrolysis) is 1. The van der Waals surface area contributed by atoms with Crippen LogP contribution in [0, 0.1) is 0 Å². The summed E-state index contributed by atoms with van der Waals surface area (Å²) < 4.78 is 10.8. The smallest absolute Gasteiger partial charge is 0.407 e. The summed E-state index contributed by atoms with van der Waals surface area (Å²) in [6, 6.07) is 9.02. The molecule has 36 heavy (non-hydrogen) atoms. The number of hydrogen-bond donors (Lipinski definition) is 3. The predicted molar refractivity (Wildman–Crippen MR) is 138 cm³/mol. The molecule has 3 rings (SSSR count). The summed E-state index contributed by atoms with van der Waals surface area (Å²) in [5.41, 5.74) is 0.524. The first-order chi connectivity index (χ1) is 17.0. The summed E-state index contributed by atoms with van der Waals surface area (Å²) in [6.45, 7) is 6.28. The average Bonchev–Trinajstić information content (AvgIpc) is 3.24. The minimum Gasteiger partial charge on any atom is -0.444 e. The van der Waals surface area contributed by atoms with Crippen molar-refractivity contribution >= 4 is 58.1 Å². The molecule has 4 amide bonds. The maximum absolute atomic E-state index is 13.1. The summed E-state index contributed by atoms with van der Waals surface area (Å²) in [5, 5.41) is 8.07. The quantitative estimate of drug-likeness (QED) is 0.474. The number of amides is 4. The largest absolute Gasteiger partial charge is 0.444 e. The lowest BCUT2D eigenvalue weighted by Crippen LogP contribution is -2.46. The maximum atomic E-state index is 13.1. The van der Waals surface area contributed by atoms with Gasteiger partial charge in [-0.2, -0.15) is 0 Å². The van der Waals surface area contributed by atoms with Crippen LogP contribution in [0.25, 0.3) is 0 Å². The fraction of sp³-hybridized carbons (Fsp3) is 0.417. The molecule has 10 nitrogen and oxygen atoms in total. The summed E-state index contributed by atoms with van der Waals surface area (Å²) in [5.74, 6) is -1.05. The number of hydrogen-bond acceptors (Lipinski definition) is 7. The maximum Gasteiger partial charge on any atom is 0.407 e. The zero-order valence-corrected chi connectivity index (χ0v) is 21.8. The third-order valence-corrected chi connectivity index (χ3v) is 6.18. The van der Waals surface area contributed by atoms with Crippen LogP contribution in [0.4, 0.5) is 16.2 Å². The van der Waals surface area contributed by atoms with Gasteiger partial charge >= 0.3 is 6.09 Å². The molecule has 2 aromatic rings. The highest BCUT2D eigenvalue weighted by Gasteiger charge is 2.24. The van der Waals surface area contributed by atoms with Gasteiger partial charge in [-0.3, -0.25) is 14.4 Å². The molecule has 1 aliphatic rings. The zero-order valence-electron chi connectivity index (χ0n) is 20.3. The predicted octanol–water partition coefficient (Wildman–Crippen LogP) is 3.42. The fourth-order valence-corrected chi connectivity index (χ4v) is 4.26. The Morgan fingerprint density at radius 2 is 1.89 bits per heavy atom. The van der Waals surface area contributed by atoms with Crippen molar-refractivity contribution in [2.75, 3.05) is 36.5 Å². The Morgan fingerprint density at radius 3 is 2.50 bits per heavy atom. The highest BCUT2D eigenvalue weighted by molar-refractivity contribution is 7.18. The van der Waals surface area contributed by atoms with Crippen LogP contribution in [0.1, 0.15) is 36.9 Å². The normalized spacial score (nSPS) is 14.7. The SMILES string of the molecule is CC(C)(C)OC(=O)NCC[C@@H](NC(=O)c1ccc(Cl)s1)C(=O)Nc1ccc(N2CCOCC2=O)cc1. The van der Waals surface area contributed by atoms with Crippen LogP contribution in [0.15, 0.2) is 36.4 Å². The van der Waals surface area contributed by atoms with Gasteiger partial charge in [0.15, 0.2) is 0 Å². The number of nitrogens with one attached hydrogen (secondary N) is 3. The number of benzene rings is 1. The van der Waals surface area contributed by atoms with Gasteiger partial charge in [0, 0.05) is 24.5 Å². The van der Waals surface area contributed by atoms with E-state index in [2.05, 4.69) is 16.0 Å². The molecule has 0 saturated carbocycles. The molecule has 194 valence electrons. The molecule has 1 aromatic heterocycles. The zero-order chi connectivity index (χ0) is 26.3. The van der Waals surface area contributed by atoms with Crippen molar-refractivity contribution in [1.29, 1.82) is 0 Å². The Hall–Kier alpha value is -3.15. The molecule has 0 radical (unpaired) electrons. The molecule has 1 fully saturated rings. The molecule has 1 atom stereocenters. The van der Waals surface area contributed by atoms with Crippen molar-refractivity contribution in [3.05, 3.63) is 45.6 Å². The Balaban J connectivity index is 1.64. The molecule has 0 spiro atoms. The lowest BCUT2D eigenvalue weighted by atomic mass is 10.1. The fourth-order valence-electron chi connectivity index (χ4n) is 3.31. The first kappa shape index (κ1) is 27.4. The van der Waals surface area contributed by atoms with Crippen molar-refractivity contribution in [2.45, 2.75) is 38.8 Å². The number of nitrogens with zero attached hydrogens (tertiary/aromatic N) is 1. The second-order valence-electron chi connectivity index (χ2n) is 8.98. The lowest BCUT2D eigenvalue weighted by molar-refractivity contribution is -0.125. The average molecular weight is 537 g/mol. The van der Waals surface area contributed by atoms with E-state index in [0.29, 0.717) is 33.7 Å². The van der Waals surface area contributed by atoms with Crippen LogP contribution in [0.3, 0.4) is 0 Å². The number of morpholine rings is 1. The van der Waals surface area contributed by atoms with Crippen molar-refractivity contribution in [1.82, 2.24) is 10.6 Å². The van der Waals surface area contributed by atoms with Crippen molar-refractivity contribution in [3.8, 4) is 0 Å². The van der Waals surface area contributed by atoms with Crippen LogP contribution < -0.4 is 20.9 Å². The molecule has 3 N–H and O–H groups in total. The molecule has 12 heteroatoms. The van der Waals surface area contributed by atoms with E-state index >= 15 is 0 Å². The highest BCUT2D eigenvalue weighted by atomic mass is 35.5. The van der Waals surface area contributed by atoms with Crippen LogP contribution in [-0.4, -0.2) is 61.8 Å². The van der Waals surface area contributed by atoms with E-state index in [1.54, 1.807) is 62.1 Å². The highest BCUT2D eigenvalue weighted by Crippen LogP contribution is 2.22. The van der Waals surface area contributed by atoms with Crippen molar-refractivity contribution in [2.24, 2.45) is 0 Å². The first-order valence-corrected chi connectivity index (χ1v) is 12.5. The Kier molecular flexibility index (Phi) is 9.30. The van der Waals surface area contributed by atoms with Gasteiger partial charge < -0.3 is 30.3 Å². The third kappa shape index (κ3) is 8.21. The van der Waals surface area contributed by atoms with E-state index in [1.807, 2.05) is 0 Å². The van der Waals surface area contributed by atoms with E-state index < -0.39 is 29.6 Å².